The second-order valence-corrected chi connectivity index (χ2v) is 2.29. The topological polar surface area (TPSA) is 23.8 Å². The van der Waals surface area contributed by atoms with Gasteiger partial charge in [-0.05, 0) is 11.6 Å². The number of hydrogen-bond acceptors (Lipinski definition) is 1. The van der Waals surface area contributed by atoms with E-state index < -0.39 is 0 Å². The molecule has 1 heteroatoms. The van der Waals surface area contributed by atoms with Crippen LogP contribution in [0.4, 0.5) is 0 Å². The molecule has 0 heterocycles. The molecule has 0 radical (unpaired) electrons. The van der Waals surface area contributed by atoms with E-state index in [1.807, 2.05) is 30.3 Å². The third-order valence-electron chi connectivity index (χ3n) is 1.49. The summed E-state index contributed by atoms with van der Waals surface area (Å²) in [6, 6.07) is 11.6. The summed E-state index contributed by atoms with van der Waals surface area (Å²) in [4.78, 5) is 0. The maximum Gasteiger partial charge on any atom is 0.0997 e. The fourth-order valence-corrected chi connectivity index (χ4v) is 0.934. The van der Waals surface area contributed by atoms with Gasteiger partial charge < -0.3 is 0 Å². The summed E-state index contributed by atoms with van der Waals surface area (Å²) in [7, 11) is 0. The van der Waals surface area contributed by atoms with Crippen molar-refractivity contribution in [1.29, 1.82) is 5.26 Å². The summed E-state index contributed by atoms with van der Waals surface area (Å²) in [6.45, 7) is 3.55. The van der Waals surface area contributed by atoms with Crippen LogP contribution in [0.3, 0.4) is 0 Å². The lowest BCUT2D eigenvalue weighted by Gasteiger charge is -1.94. The van der Waals surface area contributed by atoms with Crippen molar-refractivity contribution in [2.45, 2.75) is 0 Å². The molecule has 0 aliphatic rings. The van der Waals surface area contributed by atoms with Crippen LogP contribution in [0, 0.1) is 11.3 Å². The first kappa shape index (κ1) is 8.29. The van der Waals surface area contributed by atoms with Gasteiger partial charge in [0.15, 0.2) is 0 Å². The molecule has 1 aromatic carbocycles. The molecule has 1 rings (SSSR count). The molecule has 0 aliphatic heterocycles. The van der Waals surface area contributed by atoms with Crippen LogP contribution < -0.4 is 0 Å². The standard InChI is InChI=1S/C11H9N/c1-2-6-11(9-12)10-7-4-3-5-8-10/h2-8H,1H2/b11-6+. The Labute approximate surface area is 72.3 Å². The van der Waals surface area contributed by atoms with Crippen molar-refractivity contribution in [1.82, 2.24) is 0 Å². The molecule has 0 aliphatic carbocycles. The number of nitrogens with zero attached hydrogens (tertiary/aromatic N) is 1. The first-order valence-electron chi connectivity index (χ1n) is 3.66. The second-order valence-electron chi connectivity index (χ2n) is 2.29. The maximum absolute atomic E-state index is 8.74. The third-order valence-corrected chi connectivity index (χ3v) is 1.49. The Kier molecular flexibility index (Phi) is 2.87. The van der Waals surface area contributed by atoms with E-state index in [-0.39, 0.29) is 0 Å². The summed E-state index contributed by atoms with van der Waals surface area (Å²) in [5.74, 6) is 0. The average Bonchev–Trinajstić information content (AvgIpc) is 2.15. The fraction of sp³-hybridized carbons (Fsp3) is 0. The molecule has 0 spiro atoms. The third kappa shape index (κ3) is 1.83. The molecule has 1 nitrogen and oxygen atoms in total. The number of hydrogen-bond donors (Lipinski definition) is 0. The van der Waals surface area contributed by atoms with E-state index in [9.17, 15) is 0 Å². The van der Waals surface area contributed by atoms with Crippen molar-refractivity contribution in [2.24, 2.45) is 0 Å². The minimum absolute atomic E-state index is 0.644. The number of rotatable bonds is 2. The number of allylic oxidation sites excluding steroid dienone is 3. The van der Waals surface area contributed by atoms with E-state index in [2.05, 4.69) is 12.6 Å². The van der Waals surface area contributed by atoms with Gasteiger partial charge in [-0.25, -0.2) is 0 Å². The van der Waals surface area contributed by atoms with Crippen molar-refractivity contribution in [3.63, 3.8) is 0 Å². The van der Waals surface area contributed by atoms with E-state index in [0.717, 1.165) is 5.56 Å². The van der Waals surface area contributed by atoms with Gasteiger partial charge in [-0.2, -0.15) is 5.26 Å². The fourth-order valence-electron chi connectivity index (χ4n) is 0.934. The Bertz CT molecular complexity index is 328. The van der Waals surface area contributed by atoms with E-state index >= 15 is 0 Å². The molecule has 0 unspecified atom stereocenters. The first-order valence-corrected chi connectivity index (χ1v) is 3.66. The van der Waals surface area contributed by atoms with Gasteiger partial charge in [0.05, 0.1) is 11.6 Å². The lowest BCUT2D eigenvalue weighted by Crippen LogP contribution is -1.78. The van der Waals surface area contributed by atoms with Gasteiger partial charge in [0.2, 0.25) is 0 Å². The van der Waals surface area contributed by atoms with Gasteiger partial charge in [-0.3, -0.25) is 0 Å². The van der Waals surface area contributed by atoms with Crippen LogP contribution in [0.1, 0.15) is 5.56 Å². The molecular weight excluding hydrogens is 146 g/mol. The highest BCUT2D eigenvalue weighted by Crippen LogP contribution is 2.11. The number of nitriles is 1. The Hall–Kier alpha value is -1.81. The van der Waals surface area contributed by atoms with E-state index in [0.29, 0.717) is 5.57 Å². The first-order chi connectivity index (χ1) is 5.88. The molecule has 0 atom stereocenters. The zero-order valence-electron chi connectivity index (χ0n) is 6.70. The van der Waals surface area contributed by atoms with E-state index in [4.69, 9.17) is 5.26 Å². The smallest absolute Gasteiger partial charge is 0.0997 e. The Morgan fingerprint density at radius 2 is 2.00 bits per heavy atom. The van der Waals surface area contributed by atoms with E-state index in [1.165, 1.54) is 0 Å². The molecule has 0 saturated carbocycles. The minimum atomic E-state index is 0.644. The Balaban J connectivity index is 3.06. The molecule has 0 aromatic heterocycles. The average molecular weight is 155 g/mol. The monoisotopic (exact) mass is 155 g/mol. The summed E-state index contributed by atoms with van der Waals surface area (Å²) in [5.41, 5.74) is 1.57. The highest BCUT2D eigenvalue weighted by Gasteiger charge is 1.95. The van der Waals surface area contributed by atoms with Gasteiger partial charge in [-0.1, -0.05) is 43.0 Å². The van der Waals surface area contributed by atoms with Gasteiger partial charge in [0, 0.05) is 0 Å². The van der Waals surface area contributed by atoms with Crippen molar-refractivity contribution >= 4 is 5.57 Å². The predicted octanol–water partition coefficient (Wildman–Crippen LogP) is 2.78. The van der Waals surface area contributed by atoms with Crippen molar-refractivity contribution in [3.8, 4) is 6.07 Å². The van der Waals surface area contributed by atoms with Crippen LogP contribution in [-0.2, 0) is 0 Å². The van der Waals surface area contributed by atoms with Crippen LogP contribution in [0.25, 0.3) is 5.57 Å². The van der Waals surface area contributed by atoms with Crippen LogP contribution in [0.5, 0.6) is 0 Å². The van der Waals surface area contributed by atoms with Gasteiger partial charge in [0.25, 0.3) is 0 Å². The molecule has 0 N–H and O–H groups in total. The lowest BCUT2D eigenvalue weighted by atomic mass is 10.1. The van der Waals surface area contributed by atoms with Crippen LogP contribution in [-0.4, -0.2) is 0 Å². The predicted molar refractivity (Wildman–Crippen MR) is 50.2 cm³/mol. The quantitative estimate of drug-likeness (QED) is 0.476. The number of benzene rings is 1. The van der Waals surface area contributed by atoms with Crippen LogP contribution in [0.2, 0.25) is 0 Å². The largest absolute Gasteiger partial charge is 0.192 e. The highest BCUT2D eigenvalue weighted by molar-refractivity contribution is 5.77. The summed E-state index contributed by atoms with van der Waals surface area (Å²) in [5, 5.41) is 8.74. The lowest BCUT2D eigenvalue weighted by molar-refractivity contribution is 1.52. The molecule has 58 valence electrons. The van der Waals surface area contributed by atoms with E-state index in [1.54, 1.807) is 12.2 Å². The van der Waals surface area contributed by atoms with Crippen molar-refractivity contribution < 1.29 is 0 Å². The molecule has 0 bridgehead atoms. The SMILES string of the molecule is C=C/C=C(\C#N)c1ccccc1. The molecule has 0 amide bonds. The van der Waals surface area contributed by atoms with Gasteiger partial charge >= 0.3 is 0 Å². The van der Waals surface area contributed by atoms with Crippen molar-refractivity contribution in [2.75, 3.05) is 0 Å². The summed E-state index contributed by atoms with van der Waals surface area (Å²) >= 11 is 0. The minimum Gasteiger partial charge on any atom is -0.192 e. The Morgan fingerprint density at radius 3 is 2.50 bits per heavy atom. The zero-order valence-corrected chi connectivity index (χ0v) is 6.70. The van der Waals surface area contributed by atoms with Gasteiger partial charge in [0.1, 0.15) is 0 Å². The van der Waals surface area contributed by atoms with Gasteiger partial charge in [-0.15, -0.1) is 0 Å². The maximum atomic E-state index is 8.74. The summed E-state index contributed by atoms with van der Waals surface area (Å²) < 4.78 is 0. The molecule has 0 fully saturated rings. The molecule has 1 aromatic rings. The van der Waals surface area contributed by atoms with Crippen LogP contribution >= 0.6 is 0 Å². The molecule has 12 heavy (non-hydrogen) atoms. The Morgan fingerprint density at radius 1 is 1.33 bits per heavy atom. The second kappa shape index (κ2) is 4.15. The summed E-state index contributed by atoms with van der Waals surface area (Å²) in [6.07, 6.45) is 3.32. The normalized spacial score (nSPS) is 10.4. The molecule has 0 saturated heterocycles. The van der Waals surface area contributed by atoms with Crippen molar-refractivity contribution in [3.05, 3.63) is 54.6 Å². The van der Waals surface area contributed by atoms with Crippen LogP contribution in [0.15, 0.2) is 49.1 Å². The molecular formula is C11H9N. The highest BCUT2D eigenvalue weighted by atomic mass is 14.2. The zero-order chi connectivity index (χ0) is 8.81.